The minimum absolute atomic E-state index is 0.00690. The second-order valence-corrected chi connectivity index (χ2v) is 29.4. The molecule has 0 aliphatic carbocycles. The highest BCUT2D eigenvalue weighted by Gasteiger charge is 2.37. The number of rotatable bonds is 58. The number of methoxy groups -OCH3 is 10. The lowest BCUT2D eigenvalue weighted by Crippen LogP contribution is -2.34. The Bertz CT molecular complexity index is 3070. The average Bonchev–Trinajstić information content (AvgIpc) is 1.65. The van der Waals surface area contributed by atoms with E-state index in [1.807, 2.05) is 0 Å². The van der Waals surface area contributed by atoms with Crippen LogP contribution < -0.4 is 31.9 Å². The fourth-order valence-corrected chi connectivity index (χ4v) is 9.98. The molecule has 6 N–H and O–H groups in total. The molecular weight excluding hydrogens is 1600 g/mol. The predicted octanol–water partition coefficient (Wildman–Crippen LogP) is 8.77. The number of carbonyl (C=O) groups is 12. The van der Waals surface area contributed by atoms with Crippen molar-refractivity contribution in [2.24, 2.45) is 0 Å². The average molecular weight is 1760 g/mol. The molecule has 2 heterocycles. The monoisotopic (exact) mass is 1760 g/mol. The van der Waals surface area contributed by atoms with E-state index >= 15 is 0 Å². The predicted molar refractivity (Wildman–Crippen MR) is 463 cm³/mol. The molecule has 4 rings (SSSR count). The Labute approximate surface area is 730 Å². The lowest BCUT2D eigenvalue weighted by Gasteiger charge is -2.24. The molecule has 2 aromatic carbocycles. The minimum Gasteiger partial charge on any atom is -0.442 e. The van der Waals surface area contributed by atoms with Gasteiger partial charge in [-0.2, -0.15) is 10.1 Å². The van der Waals surface area contributed by atoms with Crippen LogP contribution in [0.15, 0.2) is 48.5 Å². The zero-order valence-electron chi connectivity index (χ0n) is 77.1. The van der Waals surface area contributed by atoms with E-state index < -0.39 is 35.2 Å². The van der Waals surface area contributed by atoms with Crippen molar-refractivity contribution in [3.05, 3.63) is 70.8 Å². The molecule has 0 unspecified atom stereocenters. The Morgan fingerprint density at radius 2 is 0.520 bits per heavy atom. The van der Waals surface area contributed by atoms with Crippen LogP contribution in [0.5, 0.6) is 0 Å². The Morgan fingerprint density at radius 1 is 0.293 bits per heavy atom. The molecule has 12 amide bonds. The summed E-state index contributed by atoms with van der Waals surface area (Å²) < 4.78 is 58.4. The van der Waals surface area contributed by atoms with Crippen molar-refractivity contribution in [2.75, 3.05) is 217 Å². The fraction of sp³-hybridized carbons (Fsp3) is 0.721. The summed E-state index contributed by atoms with van der Waals surface area (Å²) in [6.45, 7) is 21.6. The van der Waals surface area contributed by atoms with Crippen LogP contribution in [0.2, 0.25) is 0 Å². The van der Waals surface area contributed by atoms with Crippen LogP contribution >= 0.6 is 0 Å². The van der Waals surface area contributed by atoms with Crippen LogP contribution in [0.4, 0.5) is 9.59 Å². The molecule has 0 saturated heterocycles. The van der Waals surface area contributed by atoms with Crippen LogP contribution in [-0.4, -0.2) is 319 Å². The molecule has 2 aliphatic rings. The SMILES string of the molecule is COCCCCC(=O)NCCOC.COCCCCCC(=O)NCCOC.COCCNC(=O)CCCCCCN1C(=O)c2ccccc2C1=O.COCCNC(=O)CCCCCON(C)C(=O)OC(C)(C)C.COCCNC(=O)CCCCON(C)C(=O)OC(C)(C)C.COCCNC(=O)CCCCON1C(=O)c2ccccc2C1=O.COCCOC. The van der Waals surface area contributed by atoms with Crippen molar-refractivity contribution < 1.29 is 129 Å². The number of unbranched alkanes of at least 4 members (excludes halogenated alkanes) is 10. The van der Waals surface area contributed by atoms with Crippen molar-refractivity contribution in [3.63, 3.8) is 0 Å². The van der Waals surface area contributed by atoms with Gasteiger partial charge in [-0.25, -0.2) is 9.59 Å². The largest absolute Gasteiger partial charge is 0.442 e. The van der Waals surface area contributed by atoms with E-state index in [2.05, 4.69) is 41.4 Å². The van der Waals surface area contributed by atoms with E-state index in [1.54, 1.807) is 161 Å². The van der Waals surface area contributed by atoms with Crippen molar-refractivity contribution in [1.82, 2.24) is 52.0 Å². The third-order valence-electron chi connectivity index (χ3n) is 16.4. The third-order valence-corrected chi connectivity index (χ3v) is 16.4. The number of carbonyl (C=O) groups excluding carboxylic acids is 12. The number of ether oxygens (including phenoxy) is 12. The molecule has 0 aromatic heterocycles. The molecule has 2 aliphatic heterocycles. The van der Waals surface area contributed by atoms with E-state index in [0.717, 1.165) is 105 Å². The van der Waals surface area contributed by atoms with E-state index in [4.69, 9.17) is 61.9 Å². The lowest BCUT2D eigenvalue weighted by atomic mass is 10.1. The smallest absolute Gasteiger partial charge is 0.434 e. The van der Waals surface area contributed by atoms with Crippen LogP contribution in [0, 0.1) is 0 Å². The van der Waals surface area contributed by atoms with Gasteiger partial charge in [-0.05, 0) is 143 Å². The molecule has 0 saturated carbocycles. The van der Waals surface area contributed by atoms with Gasteiger partial charge in [0, 0.05) is 183 Å². The summed E-state index contributed by atoms with van der Waals surface area (Å²) in [6, 6.07) is 13.5. The maximum Gasteiger partial charge on any atom is 0.434 e. The van der Waals surface area contributed by atoms with E-state index in [1.165, 1.54) is 19.0 Å². The van der Waals surface area contributed by atoms with Gasteiger partial charge in [-0.3, -0.25) is 67.4 Å². The first-order chi connectivity index (χ1) is 58.8. The zero-order chi connectivity index (χ0) is 92.8. The normalized spacial score (nSPS) is 11.6. The van der Waals surface area contributed by atoms with Crippen LogP contribution in [-0.2, 0) is 100 Å². The van der Waals surface area contributed by atoms with Gasteiger partial charge in [0.25, 0.3) is 23.6 Å². The first-order valence-corrected chi connectivity index (χ1v) is 42.1. The minimum atomic E-state index is -0.547. The van der Waals surface area contributed by atoms with E-state index in [9.17, 15) is 57.5 Å². The number of hydroxylamine groups is 6. The second kappa shape index (κ2) is 79.5. The summed E-state index contributed by atoms with van der Waals surface area (Å²) in [7, 11) is 19.3. The molecule has 37 nitrogen and oxygen atoms in total. The summed E-state index contributed by atoms with van der Waals surface area (Å²) in [6.07, 6.45) is 15.1. The molecule has 0 atom stereocenters. The summed E-state index contributed by atoms with van der Waals surface area (Å²) in [5, 5.41) is 19.5. The van der Waals surface area contributed by atoms with Gasteiger partial charge >= 0.3 is 12.2 Å². The highest BCUT2D eigenvalue weighted by atomic mass is 16.7. The Morgan fingerprint density at radius 3 is 0.797 bits per heavy atom. The molecule has 37 heteroatoms. The van der Waals surface area contributed by atoms with Gasteiger partial charge in [0.2, 0.25) is 35.4 Å². The van der Waals surface area contributed by atoms with E-state index in [-0.39, 0.29) is 53.9 Å². The summed E-state index contributed by atoms with van der Waals surface area (Å²) in [5.74, 6) is -1.08. The van der Waals surface area contributed by atoms with Crippen LogP contribution in [0.1, 0.15) is 224 Å². The molecular formula is C86H152N10O27. The Hall–Kier alpha value is -8.44. The highest BCUT2D eigenvalue weighted by Crippen LogP contribution is 2.25. The number of nitrogens with zero attached hydrogens (tertiary/aromatic N) is 4. The summed E-state index contributed by atoms with van der Waals surface area (Å²) in [5.41, 5.74) is 0.621. The van der Waals surface area contributed by atoms with Crippen LogP contribution in [0.3, 0.4) is 0 Å². The highest BCUT2D eigenvalue weighted by molar-refractivity contribution is 6.21. The Balaban J connectivity index is -0.00000140. The molecule has 2 aromatic rings. The van der Waals surface area contributed by atoms with Gasteiger partial charge in [0.1, 0.15) is 11.2 Å². The number of amides is 12. The van der Waals surface area contributed by atoms with Gasteiger partial charge in [0.15, 0.2) is 0 Å². The molecule has 0 spiro atoms. The van der Waals surface area contributed by atoms with Crippen molar-refractivity contribution >= 4 is 71.3 Å². The third kappa shape index (κ3) is 68.6. The van der Waals surface area contributed by atoms with Gasteiger partial charge in [-0.15, -0.1) is 5.06 Å². The number of hydrogen-bond donors (Lipinski definition) is 6. The first kappa shape index (κ1) is 119. The van der Waals surface area contributed by atoms with Crippen molar-refractivity contribution in [3.8, 4) is 0 Å². The quantitative estimate of drug-likeness (QED) is 0.0205. The lowest BCUT2D eigenvalue weighted by molar-refractivity contribution is -0.132. The molecule has 0 radical (unpaired) electrons. The maximum absolute atomic E-state index is 12.2. The van der Waals surface area contributed by atoms with Gasteiger partial charge < -0.3 is 88.7 Å². The molecule has 708 valence electrons. The number of fused-ring (bicyclic) bond motifs is 2. The van der Waals surface area contributed by atoms with Crippen molar-refractivity contribution in [2.45, 2.75) is 194 Å². The van der Waals surface area contributed by atoms with Crippen molar-refractivity contribution in [1.29, 1.82) is 0 Å². The standard InChI is InChI=1S/C18H24N2O4.C16H20N2O5.C15H30N2O5.C14H28N2O5.C10H21NO3.C9H19NO3.C4H10O2/c1-24-13-11-19-16(21)10-4-2-3-7-12-20-17(22)14-8-5-6-9-15(14)18(20)23;1-22-11-9-17-14(19)8-4-5-10-23-18-15(20)12-6-2-3-7-13(12)16(18)21;1-15(2,3)22-14(19)17(4)21-11-8-6-7-9-13(18)16-10-12-20-5;1-14(2,3)21-13(18)16(4)20-10-7-6-8-12(17)15-9-11-19-5;1-13-8-5-3-4-6-10(12)11-7-9-14-2;1-12-7-4-3-5-9(11)10-6-8-13-2;1-5-3-4-6-2/h5-6,8-9H,2-4,7,10-13H2,1H3,(H,19,21);2-3,6-7H,4-5,8-11H2,1H3,(H,17,19);6-12H2,1-5H3,(H,16,18);6-11H2,1-5H3,(H,15,17);3-9H2,1-2H3,(H,11,12);3-8H2,1-2H3,(H,10,11);3-4H2,1-2H3. The first-order valence-electron chi connectivity index (χ1n) is 42.1. The van der Waals surface area contributed by atoms with Crippen LogP contribution in [0.25, 0.3) is 0 Å². The number of hydrogen-bond acceptors (Lipinski definition) is 27. The number of benzene rings is 2. The molecule has 0 bridgehead atoms. The zero-order valence-corrected chi connectivity index (χ0v) is 77.1. The maximum atomic E-state index is 12.2. The molecule has 123 heavy (non-hydrogen) atoms. The number of nitrogens with one attached hydrogen (secondary N) is 6. The Kier molecular flexibility index (Phi) is 76.7. The fourth-order valence-electron chi connectivity index (χ4n) is 9.98. The summed E-state index contributed by atoms with van der Waals surface area (Å²) >= 11 is 0. The van der Waals surface area contributed by atoms with E-state index in [0.29, 0.717) is 198 Å². The summed E-state index contributed by atoms with van der Waals surface area (Å²) in [4.78, 5) is 157. The number of imide groups is 2. The van der Waals surface area contributed by atoms with Gasteiger partial charge in [-0.1, -0.05) is 49.9 Å². The molecule has 0 fully saturated rings. The second-order valence-electron chi connectivity index (χ2n) is 29.4. The van der Waals surface area contributed by atoms with Gasteiger partial charge in [0.05, 0.1) is 94.9 Å². The topological polar surface area (TPSA) is 428 Å².